The summed E-state index contributed by atoms with van der Waals surface area (Å²) in [4.78, 5) is 21.3. The second-order valence-electron chi connectivity index (χ2n) is 2.04. The molecule has 0 aliphatic rings. The number of aldehydes is 1. The molecule has 0 unspecified atom stereocenters. The van der Waals surface area contributed by atoms with Crippen LogP contribution in [-0.2, 0) is 5.88 Å². The highest BCUT2D eigenvalue weighted by Crippen LogP contribution is 2.10. The van der Waals surface area contributed by atoms with E-state index in [0.717, 1.165) is 6.26 Å². The molecule has 0 aliphatic carbocycles. The Morgan fingerprint density at radius 2 is 2.33 bits per heavy atom. The van der Waals surface area contributed by atoms with Crippen LogP contribution in [0.25, 0.3) is 0 Å². The van der Waals surface area contributed by atoms with Crippen LogP contribution >= 0.6 is 11.6 Å². The molecular formula is C7H5ClO4. The Labute approximate surface area is 72.4 Å². The molecule has 0 aromatic carbocycles. The Kier molecular flexibility index (Phi) is 2.50. The maximum Gasteiger partial charge on any atom is 0.237 e. The van der Waals surface area contributed by atoms with Crippen molar-refractivity contribution in [2.75, 3.05) is 0 Å². The maximum absolute atomic E-state index is 11.0. The Balaban J connectivity index is 3.46. The smallest absolute Gasteiger partial charge is 0.237 e. The molecule has 1 rings (SSSR count). The van der Waals surface area contributed by atoms with Crippen molar-refractivity contribution in [3.8, 4) is 5.75 Å². The van der Waals surface area contributed by atoms with Gasteiger partial charge in [-0.25, -0.2) is 0 Å². The average molecular weight is 189 g/mol. The first-order chi connectivity index (χ1) is 5.70. The molecule has 0 bridgehead atoms. The van der Waals surface area contributed by atoms with Crippen LogP contribution in [-0.4, -0.2) is 11.4 Å². The molecule has 1 N–H and O–H groups in total. The van der Waals surface area contributed by atoms with Gasteiger partial charge in [-0.05, 0) is 0 Å². The van der Waals surface area contributed by atoms with Gasteiger partial charge >= 0.3 is 0 Å². The second kappa shape index (κ2) is 3.40. The summed E-state index contributed by atoms with van der Waals surface area (Å²) in [7, 11) is 0. The summed E-state index contributed by atoms with van der Waals surface area (Å²) in [5.41, 5.74) is -0.989. The fraction of sp³-hybridized carbons (Fsp3) is 0.143. The third-order valence-electron chi connectivity index (χ3n) is 1.33. The second-order valence-corrected chi connectivity index (χ2v) is 2.31. The lowest BCUT2D eigenvalue weighted by molar-refractivity contribution is 0.111. The molecule has 0 aliphatic heterocycles. The van der Waals surface area contributed by atoms with Gasteiger partial charge in [0.1, 0.15) is 17.6 Å². The molecule has 1 aromatic rings. The molecule has 0 saturated heterocycles. The van der Waals surface area contributed by atoms with E-state index in [9.17, 15) is 9.59 Å². The minimum Gasteiger partial charge on any atom is -0.502 e. The Morgan fingerprint density at radius 3 is 2.83 bits per heavy atom. The quantitative estimate of drug-likeness (QED) is 0.553. The fourth-order valence-corrected chi connectivity index (χ4v) is 0.938. The van der Waals surface area contributed by atoms with E-state index in [1.54, 1.807) is 0 Å². The Morgan fingerprint density at radius 1 is 1.67 bits per heavy atom. The molecule has 0 radical (unpaired) electrons. The number of carbonyl (C=O) groups is 1. The molecule has 4 nitrogen and oxygen atoms in total. The molecule has 0 amide bonds. The SMILES string of the molecule is O=Cc1c(CCl)occ(O)c1=O. The average Bonchev–Trinajstić information content (AvgIpc) is 2.09. The van der Waals surface area contributed by atoms with Gasteiger partial charge < -0.3 is 9.52 Å². The van der Waals surface area contributed by atoms with Gasteiger partial charge in [0, 0.05) is 0 Å². The zero-order valence-corrected chi connectivity index (χ0v) is 6.67. The van der Waals surface area contributed by atoms with Gasteiger partial charge in [-0.2, -0.15) is 0 Å². The normalized spacial score (nSPS) is 9.75. The summed E-state index contributed by atoms with van der Waals surface area (Å²) in [6.07, 6.45) is 1.16. The van der Waals surface area contributed by atoms with E-state index in [4.69, 9.17) is 21.1 Å². The van der Waals surface area contributed by atoms with Crippen LogP contribution in [0.4, 0.5) is 0 Å². The highest BCUT2D eigenvalue weighted by molar-refractivity contribution is 6.17. The van der Waals surface area contributed by atoms with Crippen molar-refractivity contribution in [2.24, 2.45) is 0 Å². The van der Waals surface area contributed by atoms with Gasteiger partial charge in [-0.15, -0.1) is 11.6 Å². The molecule has 0 fully saturated rings. The van der Waals surface area contributed by atoms with Crippen LogP contribution in [0.15, 0.2) is 15.5 Å². The van der Waals surface area contributed by atoms with Crippen LogP contribution in [0, 0.1) is 0 Å². The molecule has 64 valence electrons. The highest BCUT2D eigenvalue weighted by Gasteiger charge is 2.10. The van der Waals surface area contributed by atoms with E-state index in [1.807, 2.05) is 0 Å². The molecule has 5 heteroatoms. The standard InChI is InChI=1S/C7H5ClO4/c8-1-6-4(2-9)7(11)5(10)3-12-6/h2-3,10H,1H2. The van der Waals surface area contributed by atoms with Crippen molar-refractivity contribution >= 4 is 17.9 Å². The van der Waals surface area contributed by atoms with Gasteiger partial charge in [0.2, 0.25) is 5.43 Å². The van der Waals surface area contributed by atoms with Crippen LogP contribution in [0.5, 0.6) is 5.75 Å². The van der Waals surface area contributed by atoms with Crippen molar-refractivity contribution < 1.29 is 14.3 Å². The number of halogens is 1. The van der Waals surface area contributed by atoms with Gasteiger partial charge in [0.15, 0.2) is 12.0 Å². The molecule has 0 atom stereocenters. The molecule has 0 saturated carbocycles. The first-order valence-electron chi connectivity index (χ1n) is 3.05. The highest BCUT2D eigenvalue weighted by atomic mass is 35.5. The van der Waals surface area contributed by atoms with Crippen LogP contribution < -0.4 is 5.43 Å². The summed E-state index contributed by atoms with van der Waals surface area (Å²) in [5.74, 6) is -0.607. The van der Waals surface area contributed by atoms with E-state index >= 15 is 0 Å². The van der Waals surface area contributed by atoms with E-state index < -0.39 is 11.2 Å². The van der Waals surface area contributed by atoms with Crippen molar-refractivity contribution in [3.05, 3.63) is 27.8 Å². The maximum atomic E-state index is 11.0. The Bertz CT molecular complexity index is 355. The first kappa shape index (κ1) is 8.80. The van der Waals surface area contributed by atoms with Crippen molar-refractivity contribution in [1.82, 2.24) is 0 Å². The minimum absolute atomic E-state index is 0.0643. The largest absolute Gasteiger partial charge is 0.502 e. The number of hydrogen-bond acceptors (Lipinski definition) is 4. The first-order valence-corrected chi connectivity index (χ1v) is 3.59. The summed E-state index contributed by atoms with van der Waals surface area (Å²) >= 11 is 5.36. The van der Waals surface area contributed by atoms with Gasteiger partial charge in [0.05, 0.1) is 5.88 Å². The number of aromatic hydroxyl groups is 1. The lowest BCUT2D eigenvalue weighted by Crippen LogP contribution is -2.09. The topological polar surface area (TPSA) is 67.5 Å². The summed E-state index contributed by atoms with van der Waals surface area (Å²) < 4.78 is 4.70. The molecular weight excluding hydrogens is 184 g/mol. The number of rotatable bonds is 2. The van der Waals surface area contributed by atoms with Crippen molar-refractivity contribution in [2.45, 2.75) is 5.88 Å². The molecule has 1 aromatic heterocycles. The minimum atomic E-state index is -0.757. The lowest BCUT2D eigenvalue weighted by atomic mass is 10.2. The third kappa shape index (κ3) is 1.33. The molecule has 0 spiro atoms. The summed E-state index contributed by atoms with van der Waals surface area (Å²) in [6, 6.07) is 0. The van der Waals surface area contributed by atoms with E-state index in [0.29, 0.717) is 6.29 Å². The summed E-state index contributed by atoms with van der Waals surface area (Å²) in [5, 5.41) is 8.84. The van der Waals surface area contributed by atoms with Crippen LogP contribution in [0.1, 0.15) is 16.1 Å². The number of hydrogen-bond donors (Lipinski definition) is 1. The third-order valence-corrected chi connectivity index (χ3v) is 1.57. The fourth-order valence-electron chi connectivity index (χ4n) is 0.731. The zero-order chi connectivity index (χ0) is 9.14. The van der Waals surface area contributed by atoms with Gasteiger partial charge in [-0.1, -0.05) is 0 Å². The van der Waals surface area contributed by atoms with Crippen LogP contribution in [0.3, 0.4) is 0 Å². The molecule has 1 heterocycles. The molecule has 12 heavy (non-hydrogen) atoms. The number of carbonyl (C=O) groups excluding carboxylic acids is 1. The van der Waals surface area contributed by atoms with E-state index in [2.05, 4.69) is 0 Å². The predicted molar refractivity (Wildman–Crippen MR) is 41.6 cm³/mol. The Hall–Kier alpha value is -1.29. The lowest BCUT2D eigenvalue weighted by Gasteiger charge is -1.97. The van der Waals surface area contributed by atoms with Crippen LogP contribution in [0.2, 0.25) is 0 Å². The van der Waals surface area contributed by atoms with Crippen molar-refractivity contribution in [3.63, 3.8) is 0 Å². The zero-order valence-electron chi connectivity index (χ0n) is 5.91. The van der Waals surface area contributed by atoms with Crippen molar-refractivity contribution in [1.29, 1.82) is 0 Å². The van der Waals surface area contributed by atoms with E-state index in [-0.39, 0.29) is 17.2 Å². The predicted octanol–water partition coefficient (Wildman–Crippen LogP) is 0.897. The van der Waals surface area contributed by atoms with Gasteiger partial charge in [-0.3, -0.25) is 9.59 Å². The summed E-state index contributed by atoms with van der Waals surface area (Å²) in [6.45, 7) is 0. The van der Waals surface area contributed by atoms with Gasteiger partial charge in [0.25, 0.3) is 0 Å². The van der Waals surface area contributed by atoms with E-state index in [1.165, 1.54) is 0 Å². The number of alkyl halides is 1. The monoisotopic (exact) mass is 188 g/mol.